The zero-order chi connectivity index (χ0) is 13.1. The zero-order valence-corrected chi connectivity index (χ0v) is 11.6. The molecular formula is C12H13BrN2O3. The molecule has 0 spiro atoms. The Morgan fingerprint density at radius 3 is 2.89 bits per heavy atom. The summed E-state index contributed by atoms with van der Waals surface area (Å²) in [4.78, 5) is 4.05. The first-order chi connectivity index (χ1) is 8.56. The second kappa shape index (κ2) is 5.49. The van der Waals surface area contributed by atoms with Crippen molar-refractivity contribution in [1.82, 2.24) is 10.1 Å². The van der Waals surface area contributed by atoms with Gasteiger partial charge in [-0.1, -0.05) is 27.2 Å². The van der Waals surface area contributed by atoms with E-state index in [4.69, 9.17) is 9.26 Å². The Balaban J connectivity index is 2.15. The van der Waals surface area contributed by atoms with Gasteiger partial charge in [-0.25, -0.2) is 0 Å². The molecule has 18 heavy (non-hydrogen) atoms. The molecule has 0 aliphatic rings. The summed E-state index contributed by atoms with van der Waals surface area (Å²) in [5.41, 5.74) is 0.721. The number of halogens is 1. The van der Waals surface area contributed by atoms with Crippen LogP contribution >= 0.6 is 15.9 Å². The van der Waals surface area contributed by atoms with Gasteiger partial charge in [-0.05, 0) is 19.1 Å². The number of rotatable bonds is 4. The summed E-state index contributed by atoms with van der Waals surface area (Å²) >= 11 is 3.36. The van der Waals surface area contributed by atoms with Crippen molar-refractivity contribution in [2.45, 2.75) is 26.6 Å². The minimum absolute atomic E-state index is 0.202. The Hall–Kier alpha value is -1.40. The van der Waals surface area contributed by atoms with Crippen LogP contribution in [0.15, 0.2) is 27.2 Å². The topological polar surface area (TPSA) is 68.4 Å². The fourth-order valence-electron chi connectivity index (χ4n) is 1.52. The Labute approximate surface area is 113 Å². The molecule has 1 heterocycles. The van der Waals surface area contributed by atoms with Crippen LogP contribution in [0.25, 0.3) is 0 Å². The number of hydrogen-bond donors (Lipinski definition) is 1. The molecule has 96 valence electrons. The minimum atomic E-state index is -0.597. The normalized spacial score (nSPS) is 12.4. The molecule has 0 amide bonds. The molecule has 1 unspecified atom stereocenters. The highest BCUT2D eigenvalue weighted by Crippen LogP contribution is 2.29. The second-order valence-electron chi connectivity index (χ2n) is 3.88. The molecule has 6 heteroatoms. The summed E-state index contributed by atoms with van der Waals surface area (Å²) in [5, 5.41) is 13.4. The highest BCUT2D eigenvalue weighted by molar-refractivity contribution is 9.10. The maximum atomic E-state index is 9.65. The molecule has 1 aromatic heterocycles. The van der Waals surface area contributed by atoms with Gasteiger partial charge in [0.25, 0.3) is 0 Å². The molecule has 1 N–H and O–H groups in total. The highest BCUT2D eigenvalue weighted by atomic mass is 79.9. The minimum Gasteiger partial charge on any atom is -0.485 e. The van der Waals surface area contributed by atoms with Gasteiger partial charge in [0.05, 0.1) is 6.10 Å². The Morgan fingerprint density at radius 2 is 2.28 bits per heavy atom. The summed E-state index contributed by atoms with van der Waals surface area (Å²) in [7, 11) is 0. The smallest absolute Gasteiger partial charge is 0.223 e. The Morgan fingerprint density at radius 1 is 1.50 bits per heavy atom. The maximum Gasteiger partial charge on any atom is 0.223 e. The number of aromatic nitrogens is 2. The van der Waals surface area contributed by atoms with E-state index in [0.29, 0.717) is 17.5 Å². The average Bonchev–Trinajstić information content (AvgIpc) is 2.72. The zero-order valence-electron chi connectivity index (χ0n) is 10.1. The number of aliphatic hydroxyl groups is 1. The van der Waals surface area contributed by atoms with E-state index in [2.05, 4.69) is 26.1 Å². The van der Waals surface area contributed by atoms with E-state index in [-0.39, 0.29) is 6.61 Å². The van der Waals surface area contributed by atoms with E-state index in [1.165, 1.54) is 0 Å². The van der Waals surface area contributed by atoms with Crippen LogP contribution in [0.1, 0.15) is 30.3 Å². The third-order valence-corrected chi connectivity index (χ3v) is 2.85. The molecule has 0 bridgehead atoms. The first kappa shape index (κ1) is 13.0. The second-order valence-corrected chi connectivity index (χ2v) is 4.79. The number of nitrogens with zero attached hydrogens (tertiary/aromatic N) is 2. The van der Waals surface area contributed by atoms with E-state index in [0.717, 1.165) is 10.0 Å². The van der Waals surface area contributed by atoms with E-state index in [9.17, 15) is 5.11 Å². The first-order valence-electron chi connectivity index (χ1n) is 5.46. The van der Waals surface area contributed by atoms with Gasteiger partial charge in [-0.2, -0.15) is 4.98 Å². The van der Waals surface area contributed by atoms with Crippen LogP contribution in [-0.2, 0) is 6.61 Å². The van der Waals surface area contributed by atoms with Gasteiger partial charge in [0.15, 0.2) is 6.61 Å². The quantitative estimate of drug-likeness (QED) is 0.940. The van der Waals surface area contributed by atoms with Gasteiger partial charge in [0.2, 0.25) is 11.7 Å². The highest BCUT2D eigenvalue weighted by Gasteiger charge is 2.11. The fraction of sp³-hybridized carbons (Fsp3) is 0.333. The lowest BCUT2D eigenvalue weighted by molar-refractivity contribution is 0.189. The molecule has 0 radical (unpaired) electrons. The molecule has 5 nitrogen and oxygen atoms in total. The number of aryl methyl sites for hydroxylation is 1. The van der Waals surface area contributed by atoms with Crippen LogP contribution < -0.4 is 4.74 Å². The molecule has 0 aliphatic heterocycles. The number of benzene rings is 1. The molecular weight excluding hydrogens is 300 g/mol. The van der Waals surface area contributed by atoms with Crippen molar-refractivity contribution < 1.29 is 14.4 Å². The lowest BCUT2D eigenvalue weighted by Gasteiger charge is -2.12. The Bertz CT molecular complexity index is 540. The van der Waals surface area contributed by atoms with Crippen LogP contribution in [0.3, 0.4) is 0 Å². The third-order valence-electron chi connectivity index (χ3n) is 2.35. The van der Waals surface area contributed by atoms with Crippen molar-refractivity contribution in [2.24, 2.45) is 0 Å². The summed E-state index contributed by atoms with van der Waals surface area (Å²) in [6.45, 7) is 3.61. The van der Waals surface area contributed by atoms with Crippen molar-refractivity contribution >= 4 is 15.9 Å². The van der Waals surface area contributed by atoms with E-state index < -0.39 is 6.10 Å². The third kappa shape index (κ3) is 3.08. The number of aliphatic hydroxyl groups excluding tert-OH is 1. The SMILES string of the molecule is Cc1nc(COc2cc(Br)ccc2C(C)O)no1. The van der Waals surface area contributed by atoms with Gasteiger partial charge in [-0.3, -0.25) is 0 Å². The van der Waals surface area contributed by atoms with Gasteiger partial charge in [0.1, 0.15) is 5.75 Å². The first-order valence-corrected chi connectivity index (χ1v) is 6.25. The monoisotopic (exact) mass is 312 g/mol. The van der Waals surface area contributed by atoms with Crippen LogP contribution in [0.5, 0.6) is 5.75 Å². The predicted octanol–water partition coefficient (Wildman–Crippen LogP) is 2.77. The number of ether oxygens (including phenoxy) is 1. The fourth-order valence-corrected chi connectivity index (χ4v) is 1.86. The van der Waals surface area contributed by atoms with Crippen molar-refractivity contribution in [3.05, 3.63) is 40.0 Å². The summed E-state index contributed by atoms with van der Waals surface area (Å²) in [6, 6.07) is 5.47. The average molecular weight is 313 g/mol. The molecule has 2 rings (SSSR count). The van der Waals surface area contributed by atoms with E-state index in [1.807, 2.05) is 12.1 Å². The van der Waals surface area contributed by atoms with Crippen LogP contribution in [0.4, 0.5) is 0 Å². The van der Waals surface area contributed by atoms with Crippen LogP contribution in [-0.4, -0.2) is 15.2 Å². The number of hydrogen-bond acceptors (Lipinski definition) is 5. The van der Waals surface area contributed by atoms with Gasteiger partial charge < -0.3 is 14.4 Å². The molecule has 0 saturated carbocycles. The largest absolute Gasteiger partial charge is 0.485 e. The lowest BCUT2D eigenvalue weighted by atomic mass is 10.1. The molecule has 2 aromatic rings. The maximum absolute atomic E-state index is 9.65. The van der Waals surface area contributed by atoms with Crippen molar-refractivity contribution in [3.8, 4) is 5.75 Å². The van der Waals surface area contributed by atoms with Crippen molar-refractivity contribution in [2.75, 3.05) is 0 Å². The Kier molecular flexibility index (Phi) is 3.98. The van der Waals surface area contributed by atoms with E-state index >= 15 is 0 Å². The summed E-state index contributed by atoms with van der Waals surface area (Å²) < 4.78 is 11.3. The predicted molar refractivity (Wildman–Crippen MR) is 68.1 cm³/mol. The van der Waals surface area contributed by atoms with Crippen LogP contribution in [0.2, 0.25) is 0 Å². The van der Waals surface area contributed by atoms with E-state index in [1.54, 1.807) is 19.9 Å². The van der Waals surface area contributed by atoms with Gasteiger partial charge in [-0.15, -0.1) is 0 Å². The summed E-state index contributed by atoms with van der Waals surface area (Å²) in [6.07, 6.45) is -0.597. The molecule has 1 atom stereocenters. The standard InChI is InChI=1S/C12H13BrN2O3/c1-7(16)10-4-3-9(13)5-11(10)17-6-12-14-8(2)18-15-12/h3-5,7,16H,6H2,1-2H3. The molecule has 0 saturated heterocycles. The molecule has 0 fully saturated rings. The van der Waals surface area contributed by atoms with Crippen molar-refractivity contribution in [3.63, 3.8) is 0 Å². The molecule has 1 aromatic carbocycles. The van der Waals surface area contributed by atoms with Gasteiger partial charge >= 0.3 is 0 Å². The van der Waals surface area contributed by atoms with Gasteiger partial charge in [0, 0.05) is 17.0 Å². The molecule has 0 aliphatic carbocycles. The summed E-state index contributed by atoms with van der Waals surface area (Å²) in [5.74, 6) is 1.57. The van der Waals surface area contributed by atoms with Crippen LogP contribution in [0, 0.1) is 6.92 Å². The van der Waals surface area contributed by atoms with Crippen molar-refractivity contribution in [1.29, 1.82) is 0 Å². The lowest BCUT2D eigenvalue weighted by Crippen LogP contribution is -2.02.